The van der Waals surface area contributed by atoms with Gasteiger partial charge in [0.1, 0.15) is 17.7 Å². The van der Waals surface area contributed by atoms with Gasteiger partial charge < -0.3 is 19.1 Å². The van der Waals surface area contributed by atoms with Gasteiger partial charge in [-0.05, 0) is 25.0 Å². The molecule has 1 fully saturated rings. The highest BCUT2D eigenvalue weighted by molar-refractivity contribution is 7.09. The summed E-state index contributed by atoms with van der Waals surface area (Å²) in [6, 6.07) is 7.60. The van der Waals surface area contributed by atoms with Crippen molar-refractivity contribution in [2.45, 2.75) is 31.6 Å². The fourth-order valence-electron chi connectivity index (χ4n) is 3.10. The predicted molar refractivity (Wildman–Crippen MR) is 92.9 cm³/mol. The van der Waals surface area contributed by atoms with Crippen LogP contribution in [0.5, 0.6) is 11.5 Å². The van der Waals surface area contributed by atoms with E-state index in [0.29, 0.717) is 26.3 Å². The quantitative estimate of drug-likeness (QED) is 0.820. The smallest absolute Gasteiger partial charge is 0.252 e. The molecule has 6 nitrogen and oxygen atoms in total. The van der Waals surface area contributed by atoms with Crippen LogP contribution in [0.1, 0.15) is 17.8 Å². The van der Waals surface area contributed by atoms with Crippen molar-refractivity contribution in [2.75, 3.05) is 19.8 Å². The fraction of sp³-hybridized carbons (Fsp3) is 0.444. The van der Waals surface area contributed by atoms with Crippen LogP contribution in [0.3, 0.4) is 0 Å². The molecule has 25 heavy (non-hydrogen) atoms. The Hall–Kier alpha value is -2.12. The summed E-state index contributed by atoms with van der Waals surface area (Å²) in [6.07, 6.45) is 2.90. The van der Waals surface area contributed by atoms with E-state index in [0.717, 1.165) is 29.3 Å². The van der Waals surface area contributed by atoms with E-state index in [9.17, 15) is 4.79 Å². The number of hydrogen-bond acceptors (Lipinski definition) is 6. The van der Waals surface area contributed by atoms with Crippen molar-refractivity contribution >= 4 is 17.2 Å². The third kappa shape index (κ3) is 3.77. The molecule has 1 aromatic heterocycles. The number of amides is 1. The zero-order valence-electron chi connectivity index (χ0n) is 13.8. The standard InChI is InChI=1S/C18H20N2O4S/c21-18(16-6-3-8-22-16)20(11-17-19-7-9-25-17)10-13-12-23-14-4-1-2-5-15(14)24-13/h1-2,4-5,7,9,13,16H,3,6,8,10-12H2/t13-,16-/m0/s1. The lowest BCUT2D eigenvalue weighted by Gasteiger charge is -2.32. The molecule has 0 aliphatic carbocycles. The molecule has 0 unspecified atom stereocenters. The lowest BCUT2D eigenvalue weighted by molar-refractivity contribution is -0.143. The summed E-state index contributed by atoms with van der Waals surface area (Å²) in [5.74, 6) is 1.48. The number of aromatic nitrogens is 1. The minimum atomic E-state index is -0.350. The van der Waals surface area contributed by atoms with Gasteiger partial charge in [-0.15, -0.1) is 11.3 Å². The Morgan fingerprint density at radius 2 is 2.20 bits per heavy atom. The van der Waals surface area contributed by atoms with Crippen LogP contribution in [0, 0.1) is 0 Å². The first-order valence-electron chi connectivity index (χ1n) is 8.47. The molecule has 3 heterocycles. The molecule has 4 rings (SSSR count). The van der Waals surface area contributed by atoms with E-state index in [1.807, 2.05) is 29.6 Å². The predicted octanol–water partition coefficient (Wildman–Crippen LogP) is 2.49. The number of carbonyl (C=O) groups is 1. The van der Waals surface area contributed by atoms with Crippen LogP contribution in [0.15, 0.2) is 35.8 Å². The average molecular weight is 360 g/mol. The summed E-state index contributed by atoms with van der Waals surface area (Å²) in [4.78, 5) is 19.0. The lowest BCUT2D eigenvalue weighted by atomic mass is 10.2. The van der Waals surface area contributed by atoms with Crippen molar-refractivity contribution in [1.29, 1.82) is 0 Å². The zero-order chi connectivity index (χ0) is 17.1. The number of rotatable bonds is 5. The summed E-state index contributed by atoms with van der Waals surface area (Å²) in [5, 5.41) is 2.82. The molecular weight excluding hydrogens is 340 g/mol. The molecule has 0 spiro atoms. The molecule has 7 heteroatoms. The highest BCUT2D eigenvalue weighted by Crippen LogP contribution is 2.31. The van der Waals surface area contributed by atoms with Gasteiger partial charge in [0.05, 0.1) is 13.1 Å². The summed E-state index contributed by atoms with van der Waals surface area (Å²) in [6.45, 7) is 1.99. The van der Waals surface area contributed by atoms with Gasteiger partial charge in [0.15, 0.2) is 17.6 Å². The maximum atomic E-state index is 12.9. The van der Waals surface area contributed by atoms with Gasteiger partial charge in [0, 0.05) is 18.2 Å². The van der Waals surface area contributed by atoms with Crippen molar-refractivity contribution in [3.8, 4) is 11.5 Å². The number of para-hydroxylation sites is 2. The second-order valence-electron chi connectivity index (χ2n) is 6.14. The topological polar surface area (TPSA) is 60.9 Å². The van der Waals surface area contributed by atoms with Crippen molar-refractivity contribution in [1.82, 2.24) is 9.88 Å². The molecule has 1 aromatic carbocycles. The Kier molecular flexibility index (Phi) is 4.85. The monoisotopic (exact) mass is 360 g/mol. The van der Waals surface area contributed by atoms with Crippen molar-refractivity contribution < 1.29 is 19.0 Å². The summed E-state index contributed by atoms with van der Waals surface area (Å²) in [5.41, 5.74) is 0. The molecule has 2 aromatic rings. The van der Waals surface area contributed by atoms with E-state index in [1.54, 1.807) is 22.4 Å². The van der Waals surface area contributed by atoms with E-state index in [4.69, 9.17) is 14.2 Å². The maximum Gasteiger partial charge on any atom is 0.252 e. The first-order chi connectivity index (χ1) is 12.3. The van der Waals surface area contributed by atoms with Gasteiger partial charge in [-0.1, -0.05) is 12.1 Å². The van der Waals surface area contributed by atoms with Crippen molar-refractivity contribution in [3.63, 3.8) is 0 Å². The Labute approximate surface area is 150 Å². The minimum Gasteiger partial charge on any atom is -0.486 e. The Morgan fingerprint density at radius 1 is 1.32 bits per heavy atom. The number of thiazole rings is 1. The molecule has 132 valence electrons. The number of fused-ring (bicyclic) bond motifs is 1. The number of benzene rings is 1. The molecule has 2 aliphatic heterocycles. The van der Waals surface area contributed by atoms with Gasteiger partial charge in [-0.3, -0.25) is 4.79 Å². The van der Waals surface area contributed by atoms with Crippen molar-refractivity contribution in [2.24, 2.45) is 0 Å². The van der Waals surface area contributed by atoms with E-state index < -0.39 is 0 Å². The minimum absolute atomic E-state index is 0.00941. The molecule has 0 saturated carbocycles. The van der Waals surface area contributed by atoms with E-state index in [-0.39, 0.29) is 18.1 Å². The van der Waals surface area contributed by atoms with Gasteiger partial charge >= 0.3 is 0 Å². The Morgan fingerprint density at radius 3 is 2.96 bits per heavy atom. The van der Waals surface area contributed by atoms with E-state index >= 15 is 0 Å². The number of ether oxygens (including phenoxy) is 3. The average Bonchev–Trinajstić information content (AvgIpc) is 3.34. The molecule has 2 atom stereocenters. The van der Waals surface area contributed by atoms with Crippen LogP contribution in [0.2, 0.25) is 0 Å². The number of hydrogen-bond donors (Lipinski definition) is 0. The molecule has 1 saturated heterocycles. The Bertz CT molecular complexity index is 716. The molecule has 0 bridgehead atoms. The van der Waals surface area contributed by atoms with Crippen LogP contribution in [0.4, 0.5) is 0 Å². The summed E-state index contributed by atoms with van der Waals surface area (Å²) in [7, 11) is 0. The number of carbonyl (C=O) groups excluding carboxylic acids is 1. The van der Waals surface area contributed by atoms with Gasteiger partial charge in [0.25, 0.3) is 5.91 Å². The first kappa shape index (κ1) is 16.4. The maximum absolute atomic E-state index is 12.9. The second-order valence-corrected chi connectivity index (χ2v) is 7.12. The van der Waals surface area contributed by atoms with Crippen LogP contribution >= 0.6 is 11.3 Å². The second kappa shape index (κ2) is 7.41. The van der Waals surface area contributed by atoms with E-state index in [2.05, 4.69) is 4.98 Å². The molecule has 0 N–H and O–H groups in total. The van der Waals surface area contributed by atoms with Crippen LogP contribution in [-0.4, -0.2) is 47.8 Å². The Balaban J connectivity index is 1.47. The molecule has 0 radical (unpaired) electrons. The van der Waals surface area contributed by atoms with Crippen LogP contribution in [-0.2, 0) is 16.1 Å². The normalized spacial score (nSPS) is 21.9. The molecular formula is C18H20N2O4S. The first-order valence-corrected chi connectivity index (χ1v) is 9.35. The number of nitrogens with zero attached hydrogens (tertiary/aromatic N) is 2. The highest BCUT2D eigenvalue weighted by Gasteiger charge is 2.32. The summed E-state index contributed by atoms with van der Waals surface area (Å²) < 4.78 is 17.4. The van der Waals surface area contributed by atoms with Gasteiger partial charge in [0.2, 0.25) is 0 Å². The zero-order valence-corrected chi connectivity index (χ0v) is 14.6. The SMILES string of the molecule is O=C([C@@H]1CCCO1)N(Cc1nccs1)C[C@H]1COc2ccccc2O1. The van der Waals surface area contributed by atoms with Crippen molar-refractivity contribution in [3.05, 3.63) is 40.8 Å². The third-order valence-corrected chi connectivity index (χ3v) is 5.08. The van der Waals surface area contributed by atoms with Gasteiger partial charge in [-0.25, -0.2) is 4.98 Å². The summed E-state index contributed by atoms with van der Waals surface area (Å²) >= 11 is 1.54. The largest absolute Gasteiger partial charge is 0.486 e. The molecule has 1 amide bonds. The van der Waals surface area contributed by atoms with Crippen LogP contribution in [0.25, 0.3) is 0 Å². The third-order valence-electron chi connectivity index (χ3n) is 4.32. The lowest BCUT2D eigenvalue weighted by Crippen LogP contribution is -2.46. The molecule has 2 aliphatic rings. The van der Waals surface area contributed by atoms with E-state index in [1.165, 1.54) is 0 Å². The highest BCUT2D eigenvalue weighted by atomic mass is 32.1. The fourth-order valence-corrected chi connectivity index (χ4v) is 3.73. The van der Waals surface area contributed by atoms with Gasteiger partial charge in [-0.2, -0.15) is 0 Å². The van der Waals surface area contributed by atoms with Crippen LogP contribution < -0.4 is 9.47 Å².